The highest BCUT2D eigenvalue weighted by atomic mass is 19.1. The van der Waals surface area contributed by atoms with Crippen LogP contribution in [0.3, 0.4) is 0 Å². The lowest BCUT2D eigenvalue weighted by atomic mass is 10.0. The molecule has 0 amide bonds. The number of nitrogens with one attached hydrogen (secondary N) is 1. The zero-order valence-corrected chi connectivity index (χ0v) is 9.38. The summed E-state index contributed by atoms with van der Waals surface area (Å²) in [4.78, 5) is 4.03. The molecule has 0 fully saturated rings. The average molecular weight is 212 g/mol. The van der Waals surface area contributed by atoms with Crippen LogP contribution in [0.5, 0.6) is 0 Å². The fraction of sp³-hybridized carbons (Fsp3) is 0.545. The minimum Gasteiger partial charge on any atom is -0.383 e. The van der Waals surface area contributed by atoms with Crippen molar-refractivity contribution in [2.24, 2.45) is 0 Å². The lowest BCUT2D eigenvalue weighted by Gasteiger charge is -2.13. The van der Waals surface area contributed by atoms with E-state index in [4.69, 9.17) is 4.74 Å². The molecule has 0 radical (unpaired) electrons. The number of methoxy groups -OCH3 is 1. The maximum Gasteiger partial charge on any atom is 0.141 e. The van der Waals surface area contributed by atoms with Gasteiger partial charge in [-0.3, -0.25) is 0 Å². The smallest absolute Gasteiger partial charge is 0.141 e. The lowest BCUT2D eigenvalue weighted by molar-refractivity contribution is 0.210. The summed E-state index contributed by atoms with van der Waals surface area (Å²) in [6.45, 7) is 5.31. The van der Waals surface area contributed by atoms with E-state index < -0.39 is 0 Å². The number of pyridine rings is 1. The van der Waals surface area contributed by atoms with Gasteiger partial charge < -0.3 is 10.1 Å². The van der Waals surface area contributed by atoms with Crippen molar-refractivity contribution in [2.45, 2.75) is 19.8 Å². The van der Waals surface area contributed by atoms with Gasteiger partial charge in [-0.15, -0.1) is 0 Å². The molecule has 0 aliphatic heterocycles. The second-order valence-corrected chi connectivity index (χ2v) is 3.67. The summed E-state index contributed by atoms with van der Waals surface area (Å²) < 4.78 is 17.9. The van der Waals surface area contributed by atoms with E-state index in [1.807, 2.05) is 13.8 Å². The summed E-state index contributed by atoms with van der Waals surface area (Å²) in [5.74, 6) is 0.692. The van der Waals surface area contributed by atoms with Crippen LogP contribution in [0.25, 0.3) is 0 Å². The molecule has 3 nitrogen and oxygen atoms in total. The van der Waals surface area contributed by atoms with Crippen LogP contribution in [-0.2, 0) is 4.74 Å². The van der Waals surface area contributed by atoms with Crippen LogP contribution in [-0.4, -0.2) is 25.2 Å². The molecule has 84 valence electrons. The van der Waals surface area contributed by atoms with Crippen molar-refractivity contribution in [3.8, 4) is 0 Å². The molecule has 0 atom stereocenters. The van der Waals surface area contributed by atoms with E-state index in [2.05, 4.69) is 10.3 Å². The van der Waals surface area contributed by atoms with E-state index in [1.54, 1.807) is 7.11 Å². The van der Waals surface area contributed by atoms with Crippen molar-refractivity contribution in [2.75, 3.05) is 25.6 Å². The first-order chi connectivity index (χ1) is 7.15. The Morgan fingerprint density at radius 3 is 2.87 bits per heavy atom. The lowest BCUT2D eigenvalue weighted by Crippen LogP contribution is -2.11. The maximum atomic E-state index is 13.0. The van der Waals surface area contributed by atoms with Gasteiger partial charge in [-0.05, 0) is 17.5 Å². The van der Waals surface area contributed by atoms with E-state index in [0.717, 1.165) is 11.4 Å². The van der Waals surface area contributed by atoms with Crippen LogP contribution in [0.1, 0.15) is 25.3 Å². The van der Waals surface area contributed by atoms with Crippen molar-refractivity contribution in [1.29, 1.82) is 0 Å². The number of rotatable bonds is 5. The molecular weight excluding hydrogens is 195 g/mol. The highest BCUT2D eigenvalue weighted by molar-refractivity contribution is 5.45. The molecule has 0 saturated carbocycles. The quantitative estimate of drug-likeness (QED) is 0.761. The predicted octanol–water partition coefficient (Wildman–Crippen LogP) is 2.40. The van der Waals surface area contributed by atoms with E-state index in [9.17, 15) is 4.39 Å². The Labute approximate surface area is 89.7 Å². The topological polar surface area (TPSA) is 34.1 Å². The fourth-order valence-corrected chi connectivity index (χ4v) is 1.31. The van der Waals surface area contributed by atoms with E-state index >= 15 is 0 Å². The van der Waals surface area contributed by atoms with Gasteiger partial charge in [-0.25, -0.2) is 9.37 Å². The van der Waals surface area contributed by atoms with Crippen LogP contribution in [0.15, 0.2) is 12.3 Å². The molecule has 0 bridgehead atoms. The largest absolute Gasteiger partial charge is 0.383 e. The predicted molar refractivity (Wildman–Crippen MR) is 58.6 cm³/mol. The number of hydrogen-bond acceptors (Lipinski definition) is 3. The van der Waals surface area contributed by atoms with Gasteiger partial charge in [0, 0.05) is 13.7 Å². The highest BCUT2D eigenvalue weighted by Crippen LogP contribution is 2.22. The summed E-state index contributed by atoms with van der Waals surface area (Å²) in [5, 5.41) is 3.12. The van der Waals surface area contributed by atoms with Crippen LogP contribution in [0.2, 0.25) is 0 Å². The van der Waals surface area contributed by atoms with E-state index in [0.29, 0.717) is 13.2 Å². The monoisotopic (exact) mass is 212 g/mol. The van der Waals surface area contributed by atoms with Gasteiger partial charge in [-0.1, -0.05) is 13.8 Å². The molecule has 0 unspecified atom stereocenters. The van der Waals surface area contributed by atoms with Crippen LogP contribution in [0.4, 0.5) is 10.2 Å². The third-order valence-corrected chi connectivity index (χ3v) is 2.10. The number of aromatic nitrogens is 1. The Morgan fingerprint density at radius 1 is 1.53 bits per heavy atom. The molecule has 1 rings (SSSR count). The second kappa shape index (κ2) is 5.66. The Balaban J connectivity index is 2.77. The normalized spacial score (nSPS) is 10.7. The zero-order valence-electron chi connectivity index (χ0n) is 9.38. The molecule has 0 saturated heterocycles. The van der Waals surface area contributed by atoms with Gasteiger partial charge in [0.25, 0.3) is 0 Å². The van der Waals surface area contributed by atoms with Crippen molar-refractivity contribution < 1.29 is 9.13 Å². The summed E-state index contributed by atoms with van der Waals surface area (Å²) in [6.07, 6.45) is 1.22. The molecule has 0 spiro atoms. The van der Waals surface area contributed by atoms with Crippen molar-refractivity contribution in [1.82, 2.24) is 4.98 Å². The standard InChI is InChI=1S/C11H17FN2O/c1-8(2)10-6-9(12)7-14-11(10)13-4-5-15-3/h6-8H,4-5H2,1-3H3,(H,13,14). The first-order valence-electron chi connectivity index (χ1n) is 5.03. The zero-order chi connectivity index (χ0) is 11.3. The number of nitrogens with zero attached hydrogens (tertiary/aromatic N) is 1. The van der Waals surface area contributed by atoms with E-state index in [-0.39, 0.29) is 11.7 Å². The molecule has 0 aliphatic rings. The SMILES string of the molecule is COCCNc1ncc(F)cc1C(C)C. The summed E-state index contributed by atoms with van der Waals surface area (Å²) in [5.41, 5.74) is 0.895. The highest BCUT2D eigenvalue weighted by Gasteiger charge is 2.08. The van der Waals surface area contributed by atoms with Gasteiger partial charge in [0.2, 0.25) is 0 Å². The number of ether oxygens (including phenoxy) is 1. The molecule has 0 aromatic carbocycles. The Morgan fingerprint density at radius 2 is 2.27 bits per heavy atom. The molecule has 1 heterocycles. The first-order valence-corrected chi connectivity index (χ1v) is 5.03. The van der Waals surface area contributed by atoms with Gasteiger partial charge in [0.1, 0.15) is 11.6 Å². The minimum atomic E-state index is -0.295. The molecule has 15 heavy (non-hydrogen) atoms. The Bertz CT molecular complexity index is 315. The Kier molecular flexibility index (Phi) is 4.49. The maximum absolute atomic E-state index is 13.0. The Hall–Kier alpha value is -1.16. The van der Waals surface area contributed by atoms with Crippen molar-refractivity contribution >= 4 is 5.82 Å². The number of halogens is 1. The summed E-state index contributed by atoms with van der Waals surface area (Å²) in [7, 11) is 1.64. The van der Waals surface area contributed by atoms with Gasteiger partial charge in [0.15, 0.2) is 0 Å². The molecule has 1 N–H and O–H groups in total. The summed E-state index contributed by atoms with van der Waals surface area (Å²) >= 11 is 0. The van der Waals surface area contributed by atoms with E-state index in [1.165, 1.54) is 12.3 Å². The van der Waals surface area contributed by atoms with Gasteiger partial charge in [-0.2, -0.15) is 0 Å². The molecule has 1 aromatic heterocycles. The first kappa shape index (κ1) is 11.9. The van der Waals surface area contributed by atoms with Crippen molar-refractivity contribution in [3.05, 3.63) is 23.6 Å². The van der Waals surface area contributed by atoms with Crippen LogP contribution in [0, 0.1) is 5.82 Å². The molecule has 4 heteroatoms. The number of hydrogen-bond donors (Lipinski definition) is 1. The van der Waals surface area contributed by atoms with Gasteiger partial charge in [0.05, 0.1) is 12.8 Å². The molecule has 0 aliphatic carbocycles. The number of anilines is 1. The second-order valence-electron chi connectivity index (χ2n) is 3.67. The van der Waals surface area contributed by atoms with Gasteiger partial charge >= 0.3 is 0 Å². The minimum absolute atomic E-state index is 0.248. The summed E-state index contributed by atoms with van der Waals surface area (Å²) in [6, 6.07) is 1.52. The third-order valence-electron chi connectivity index (χ3n) is 2.10. The van der Waals surface area contributed by atoms with Crippen LogP contribution < -0.4 is 5.32 Å². The van der Waals surface area contributed by atoms with Crippen molar-refractivity contribution in [3.63, 3.8) is 0 Å². The third kappa shape index (κ3) is 3.47. The average Bonchev–Trinajstić information content (AvgIpc) is 2.20. The van der Waals surface area contributed by atoms with Crippen LogP contribution >= 0.6 is 0 Å². The fourth-order valence-electron chi connectivity index (χ4n) is 1.31. The molecular formula is C11H17FN2O. The molecule has 1 aromatic rings.